The van der Waals surface area contributed by atoms with Gasteiger partial charge in [-0.3, -0.25) is 9.69 Å². The van der Waals surface area contributed by atoms with Gasteiger partial charge < -0.3 is 0 Å². The van der Waals surface area contributed by atoms with Crippen LogP contribution in [0.25, 0.3) is 6.08 Å². The Balaban J connectivity index is 2.27. The number of thioether (sulfide) groups is 1. The quantitative estimate of drug-likeness (QED) is 0.474. The Morgan fingerprint density at radius 3 is 2.94 bits per heavy atom. The van der Waals surface area contributed by atoms with Gasteiger partial charge in [-0.2, -0.15) is 0 Å². The van der Waals surface area contributed by atoms with Crippen molar-refractivity contribution in [1.29, 1.82) is 0 Å². The minimum Gasteiger partial charge on any atom is -0.289 e. The lowest BCUT2D eigenvalue weighted by atomic mass is 10.2. The number of hydrogen-bond acceptors (Lipinski definition) is 3. The molecule has 2 nitrogen and oxygen atoms in total. The molecular formula is C13H10BrNOS2. The molecule has 1 saturated heterocycles. The summed E-state index contributed by atoms with van der Waals surface area (Å²) in [6.07, 6.45) is 3.53. The summed E-state index contributed by atoms with van der Waals surface area (Å²) in [6.45, 7) is 4.08. The van der Waals surface area contributed by atoms with E-state index in [9.17, 15) is 4.79 Å². The summed E-state index contributed by atoms with van der Waals surface area (Å²) in [7, 11) is 0. The summed E-state index contributed by atoms with van der Waals surface area (Å²) in [5, 5.41) is 0. The van der Waals surface area contributed by atoms with Crippen LogP contribution in [0.5, 0.6) is 0 Å². The molecule has 0 saturated carbocycles. The Hall–Kier alpha value is -0.910. The number of carbonyl (C=O) groups is 1. The minimum absolute atomic E-state index is 0.0510. The van der Waals surface area contributed by atoms with Gasteiger partial charge in [-0.15, -0.1) is 6.58 Å². The van der Waals surface area contributed by atoms with Crippen molar-refractivity contribution in [3.63, 3.8) is 0 Å². The molecule has 2 rings (SSSR count). The predicted octanol–water partition coefficient (Wildman–Crippen LogP) is 3.84. The fourth-order valence-electron chi connectivity index (χ4n) is 1.53. The van der Waals surface area contributed by atoms with E-state index in [-0.39, 0.29) is 5.91 Å². The Kier molecular flexibility index (Phi) is 4.37. The zero-order valence-electron chi connectivity index (χ0n) is 9.43. The molecule has 0 atom stereocenters. The van der Waals surface area contributed by atoms with Crippen molar-refractivity contribution in [2.45, 2.75) is 0 Å². The molecule has 0 aliphatic carbocycles. The first kappa shape index (κ1) is 13.5. The van der Waals surface area contributed by atoms with E-state index in [1.165, 1.54) is 11.8 Å². The maximum atomic E-state index is 12.1. The third-order valence-electron chi connectivity index (χ3n) is 2.33. The van der Waals surface area contributed by atoms with Crippen molar-refractivity contribution in [2.75, 3.05) is 6.54 Å². The Morgan fingerprint density at radius 1 is 1.50 bits per heavy atom. The van der Waals surface area contributed by atoms with Crippen molar-refractivity contribution in [3.05, 3.63) is 51.9 Å². The maximum Gasteiger partial charge on any atom is 0.266 e. The molecule has 1 amide bonds. The van der Waals surface area contributed by atoms with Crippen LogP contribution >= 0.6 is 39.9 Å². The topological polar surface area (TPSA) is 20.3 Å². The average molecular weight is 340 g/mol. The van der Waals surface area contributed by atoms with E-state index in [1.54, 1.807) is 11.0 Å². The van der Waals surface area contributed by atoms with Crippen LogP contribution < -0.4 is 0 Å². The molecule has 0 N–H and O–H groups in total. The molecule has 1 heterocycles. The second kappa shape index (κ2) is 5.82. The lowest BCUT2D eigenvalue weighted by molar-refractivity contribution is -0.121. The van der Waals surface area contributed by atoms with E-state index >= 15 is 0 Å². The molecule has 0 aromatic heterocycles. The van der Waals surface area contributed by atoms with Gasteiger partial charge >= 0.3 is 0 Å². The second-order valence-electron chi connectivity index (χ2n) is 3.64. The monoisotopic (exact) mass is 339 g/mol. The zero-order chi connectivity index (χ0) is 13.1. The highest BCUT2D eigenvalue weighted by atomic mass is 79.9. The van der Waals surface area contributed by atoms with E-state index in [4.69, 9.17) is 12.2 Å². The van der Waals surface area contributed by atoms with Crippen molar-refractivity contribution < 1.29 is 4.79 Å². The summed E-state index contributed by atoms with van der Waals surface area (Å²) < 4.78 is 1.57. The van der Waals surface area contributed by atoms with Crippen molar-refractivity contribution in [1.82, 2.24) is 4.90 Å². The van der Waals surface area contributed by atoms with Crippen molar-refractivity contribution in [2.24, 2.45) is 0 Å². The van der Waals surface area contributed by atoms with Gasteiger partial charge in [0.15, 0.2) is 0 Å². The van der Waals surface area contributed by atoms with Gasteiger partial charge in [0.1, 0.15) is 4.32 Å². The number of thiocarbonyl (C=S) groups is 1. The number of rotatable bonds is 3. The van der Waals surface area contributed by atoms with Gasteiger partial charge in [-0.25, -0.2) is 0 Å². The molecule has 1 fully saturated rings. The van der Waals surface area contributed by atoms with Crippen molar-refractivity contribution >= 4 is 56.2 Å². The van der Waals surface area contributed by atoms with Gasteiger partial charge in [-0.1, -0.05) is 58.1 Å². The van der Waals surface area contributed by atoms with E-state index < -0.39 is 0 Å². The molecular weight excluding hydrogens is 330 g/mol. The first-order chi connectivity index (χ1) is 8.61. The van der Waals surface area contributed by atoms with Crippen LogP contribution in [0.2, 0.25) is 0 Å². The van der Waals surface area contributed by atoms with Crippen LogP contribution in [-0.2, 0) is 4.79 Å². The number of carbonyl (C=O) groups excluding carboxylic acids is 1. The fraction of sp³-hybridized carbons (Fsp3) is 0.0769. The van der Waals surface area contributed by atoms with E-state index in [2.05, 4.69) is 22.5 Å². The lowest BCUT2D eigenvalue weighted by Crippen LogP contribution is -2.27. The Bertz CT molecular complexity index is 554. The summed E-state index contributed by atoms with van der Waals surface area (Å²) in [6, 6.07) is 7.78. The van der Waals surface area contributed by atoms with Gasteiger partial charge in [0.05, 0.1) is 4.91 Å². The summed E-state index contributed by atoms with van der Waals surface area (Å²) >= 11 is 9.91. The molecule has 18 heavy (non-hydrogen) atoms. The predicted molar refractivity (Wildman–Crippen MR) is 84.2 cm³/mol. The average Bonchev–Trinajstić information content (AvgIpc) is 2.57. The van der Waals surface area contributed by atoms with Gasteiger partial charge in [0.2, 0.25) is 0 Å². The van der Waals surface area contributed by atoms with Crippen LogP contribution in [0.15, 0.2) is 46.3 Å². The SMILES string of the molecule is C=CCN1C(=O)C(=Cc2cccc(Br)c2)SC1=S. The molecule has 1 aliphatic rings. The molecule has 5 heteroatoms. The van der Waals surface area contributed by atoms with E-state index in [0.29, 0.717) is 15.8 Å². The van der Waals surface area contributed by atoms with Crippen LogP contribution in [0.4, 0.5) is 0 Å². The lowest BCUT2D eigenvalue weighted by Gasteiger charge is -2.10. The van der Waals surface area contributed by atoms with Crippen LogP contribution in [0.3, 0.4) is 0 Å². The standard InChI is InChI=1S/C13H10BrNOS2/c1-2-6-15-12(16)11(18-13(15)17)8-9-4-3-5-10(14)7-9/h2-5,7-8H,1,6H2. The molecule has 1 aromatic rings. The largest absolute Gasteiger partial charge is 0.289 e. The Morgan fingerprint density at radius 2 is 2.28 bits per heavy atom. The fourth-order valence-corrected chi connectivity index (χ4v) is 3.23. The number of amides is 1. The third-order valence-corrected chi connectivity index (χ3v) is 4.20. The van der Waals surface area contributed by atoms with Crippen LogP contribution in [-0.4, -0.2) is 21.7 Å². The minimum atomic E-state index is -0.0510. The molecule has 0 spiro atoms. The molecule has 0 unspecified atom stereocenters. The third kappa shape index (κ3) is 2.91. The summed E-state index contributed by atoms with van der Waals surface area (Å²) in [5.74, 6) is -0.0510. The van der Waals surface area contributed by atoms with Gasteiger partial charge in [-0.05, 0) is 23.8 Å². The number of benzene rings is 1. The Labute approximate surface area is 124 Å². The number of hydrogen-bond donors (Lipinski definition) is 0. The molecule has 0 radical (unpaired) electrons. The van der Waals surface area contributed by atoms with E-state index in [1.807, 2.05) is 30.3 Å². The highest BCUT2D eigenvalue weighted by Gasteiger charge is 2.30. The maximum absolute atomic E-state index is 12.1. The first-order valence-corrected chi connectivity index (χ1v) is 7.25. The molecule has 0 bridgehead atoms. The molecule has 92 valence electrons. The zero-order valence-corrected chi connectivity index (χ0v) is 12.6. The summed E-state index contributed by atoms with van der Waals surface area (Å²) in [4.78, 5) is 14.3. The smallest absolute Gasteiger partial charge is 0.266 e. The first-order valence-electron chi connectivity index (χ1n) is 5.23. The van der Waals surface area contributed by atoms with Crippen LogP contribution in [0.1, 0.15) is 5.56 Å². The number of halogens is 1. The van der Waals surface area contributed by atoms with E-state index in [0.717, 1.165) is 10.0 Å². The molecule has 1 aromatic carbocycles. The number of nitrogens with zero attached hydrogens (tertiary/aromatic N) is 1. The summed E-state index contributed by atoms with van der Waals surface area (Å²) in [5.41, 5.74) is 0.975. The second-order valence-corrected chi connectivity index (χ2v) is 6.23. The van der Waals surface area contributed by atoms with Crippen LogP contribution in [0, 0.1) is 0 Å². The van der Waals surface area contributed by atoms with Crippen molar-refractivity contribution in [3.8, 4) is 0 Å². The normalized spacial score (nSPS) is 17.6. The van der Waals surface area contributed by atoms with Gasteiger partial charge in [0.25, 0.3) is 5.91 Å². The highest BCUT2D eigenvalue weighted by Crippen LogP contribution is 2.32. The molecule has 1 aliphatic heterocycles. The van der Waals surface area contributed by atoms with Gasteiger partial charge in [0, 0.05) is 11.0 Å². The highest BCUT2D eigenvalue weighted by molar-refractivity contribution is 9.10.